The molecule has 17 heavy (non-hydrogen) atoms. The first-order valence-electron chi connectivity index (χ1n) is 5.67. The zero-order valence-electron chi connectivity index (χ0n) is 9.84. The summed E-state index contributed by atoms with van der Waals surface area (Å²) in [5.41, 5.74) is 1.10. The second-order valence-corrected chi connectivity index (χ2v) is 3.86. The van der Waals surface area contributed by atoms with Crippen LogP contribution < -0.4 is 0 Å². The lowest BCUT2D eigenvalue weighted by Gasteiger charge is -2.09. The minimum atomic E-state index is -0.642. The van der Waals surface area contributed by atoms with Gasteiger partial charge in [0.15, 0.2) is 5.78 Å². The molecule has 0 aromatic heterocycles. The van der Waals surface area contributed by atoms with Crippen LogP contribution in [0.2, 0.25) is 0 Å². The molecule has 0 radical (unpaired) electrons. The topological polar surface area (TPSA) is 46.5 Å². The quantitative estimate of drug-likeness (QED) is 0.553. The first-order valence-corrected chi connectivity index (χ1v) is 5.67. The fraction of sp³-hybridized carbons (Fsp3) is 0.357. The summed E-state index contributed by atoms with van der Waals surface area (Å²) in [5, 5.41) is 9.50. The number of rotatable bonds is 8. The van der Waals surface area contributed by atoms with Crippen molar-refractivity contribution in [2.24, 2.45) is 0 Å². The molecular formula is C14H18O3. The van der Waals surface area contributed by atoms with Gasteiger partial charge in [-0.25, -0.2) is 0 Å². The van der Waals surface area contributed by atoms with E-state index in [4.69, 9.17) is 4.74 Å². The molecule has 0 heterocycles. The van der Waals surface area contributed by atoms with Crippen molar-refractivity contribution in [3.63, 3.8) is 0 Å². The molecule has 1 atom stereocenters. The monoisotopic (exact) mass is 234 g/mol. The number of ether oxygens (including phenoxy) is 1. The van der Waals surface area contributed by atoms with Gasteiger partial charge in [-0.15, -0.1) is 0 Å². The molecule has 0 bridgehead atoms. The first-order chi connectivity index (χ1) is 8.22. The van der Waals surface area contributed by atoms with Crippen molar-refractivity contribution in [3.05, 3.63) is 48.6 Å². The van der Waals surface area contributed by atoms with E-state index in [1.807, 2.05) is 30.3 Å². The Labute approximate surface area is 102 Å². The molecule has 0 saturated heterocycles. The molecule has 0 aliphatic carbocycles. The normalized spacial score (nSPS) is 12.1. The van der Waals surface area contributed by atoms with E-state index in [1.165, 1.54) is 6.08 Å². The van der Waals surface area contributed by atoms with E-state index in [-0.39, 0.29) is 12.2 Å². The third-order valence-corrected chi connectivity index (χ3v) is 2.37. The van der Waals surface area contributed by atoms with Gasteiger partial charge >= 0.3 is 0 Å². The number of hydrogen-bond donors (Lipinski definition) is 1. The highest BCUT2D eigenvalue weighted by atomic mass is 16.5. The van der Waals surface area contributed by atoms with Gasteiger partial charge in [0.2, 0.25) is 0 Å². The molecule has 0 saturated carbocycles. The van der Waals surface area contributed by atoms with Crippen LogP contribution in [0.4, 0.5) is 0 Å². The van der Waals surface area contributed by atoms with Crippen molar-refractivity contribution in [3.8, 4) is 0 Å². The van der Waals surface area contributed by atoms with Crippen LogP contribution in [0.1, 0.15) is 18.4 Å². The van der Waals surface area contributed by atoms with Gasteiger partial charge in [-0.05, 0) is 18.1 Å². The summed E-state index contributed by atoms with van der Waals surface area (Å²) in [5.74, 6) is -0.138. The van der Waals surface area contributed by atoms with E-state index in [0.29, 0.717) is 19.6 Å². The molecular weight excluding hydrogens is 216 g/mol. The Kier molecular flexibility index (Phi) is 6.22. The second kappa shape index (κ2) is 7.76. The molecule has 0 aliphatic heterocycles. The number of hydrogen-bond acceptors (Lipinski definition) is 3. The highest BCUT2D eigenvalue weighted by Gasteiger charge is 2.07. The fourth-order valence-corrected chi connectivity index (χ4v) is 1.40. The summed E-state index contributed by atoms with van der Waals surface area (Å²) in [7, 11) is 0. The SMILES string of the molecule is C=CC(=O)C[C@H](O)CCOCc1ccccc1. The third kappa shape index (κ3) is 6.00. The lowest BCUT2D eigenvalue weighted by atomic mass is 10.1. The highest BCUT2D eigenvalue weighted by molar-refractivity contribution is 5.89. The van der Waals surface area contributed by atoms with Gasteiger partial charge in [0.25, 0.3) is 0 Å². The third-order valence-electron chi connectivity index (χ3n) is 2.37. The van der Waals surface area contributed by atoms with Crippen molar-refractivity contribution in [1.82, 2.24) is 0 Å². The largest absolute Gasteiger partial charge is 0.393 e. The van der Waals surface area contributed by atoms with E-state index >= 15 is 0 Å². The van der Waals surface area contributed by atoms with Crippen molar-refractivity contribution < 1.29 is 14.6 Å². The summed E-state index contributed by atoms with van der Waals surface area (Å²) in [4.78, 5) is 11.0. The van der Waals surface area contributed by atoms with Crippen LogP contribution in [0.3, 0.4) is 0 Å². The van der Waals surface area contributed by atoms with Gasteiger partial charge in [0.1, 0.15) is 0 Å². The van der Waals surface area contributed by atoms with Crippen LogP contribution in [-0.4, -0.2) is 23.6 Å². The Morgan fingerprint density at radius 3 is 2.76 bits per heavy atom. The lowest BCUT2D eigenvalue weighted by molar-refractivity contribution is -0.116. The maximum atomic E-state index is 11.0. The van der Waals surface area contributed by atoms with Crippen LogP contribution in [0.5, 0.6) is 0 Å². The van der Waals surface area contributed by atoms with Crippen LogP contribution in [0, 0.1) is 0 Å². The van der Waals surface area contributed by atoms with Gasteiger partial charge in [-0.2, -0.15) is 0 Å². The molecule has 92 valence electrons. The molecule has 3 nitrogen and oxygen atoms in total. The number of ketones is 1. The molecule has 1 N–H and O–H groups in total. The Balaban J connectivity index is 2.12. The van der Waals surface area contributed by atoms with Gasteiger partial charge in [0, 0.05) is 13.0 Å². The zero-order valence-corrected chi connectivity index (χ0v) is 9.84. The number of aliphatic hydroxyl groups excluding tert-OH is 1. The van der Waals surface area contributed by atoms with Crippen molar-refractivity contribution in [1.29, 1.82) is 0 Å². The number of carbonyl (C=O) groups excluding carboxylic acids is 1. The number of carbonyl (C=O) groups is 1. The van der Waals surface area contributed by atoms with Gasteiger partial charge < -0.3 is 9.84 Å². The Hall–Kier alpha value is -1.45. The summed E-state index contributed by atoms with van der Waals surface area (Å²) in [6.45, 7) is 4.33. The molecule has 0 fully saturated rings. The van der Waals surface area contributed by atoms with Crippen LogP contribution in [0.15, 0.2) is 43.0 Å². The molecule has 0 aliphatic rings. The smallest absolute Gasteiger partial charge is 0.157 e. The van der Waals surface area contributed by atoms with Crippen molar-refractivity contribution >= 4 is 5.78 Å². The van der Waals surface area contributed by atoms with Crippen LogP contribution in [-0.2, 0) is 16.1 Å². The van der Waals surface area contributed by atoms with E-state index in [9.17, 15) is 9.90 Å². The average molecular weight is 234 g/mol. The molecule has 3 heteroatoms. The number of aliphatic hydroxyl groups is 1. The van der Waals surface area contributed by atoms with Crippen LogP contribution in [0.25, 0.3) is 0 Å². The van der Waals surface area contributed by atoms with E-state index in [2.05, 4.69) is 6.58 Å². The summed E-state index contributed by atoms with van der Waals surface area (Å²) >= 11 is 0. The molecule has 0 amide bonds. The highest BCUT2D eigenvalue weighted by Crippen LogP contribution is 2.03. The molecule has 1 rings (SSSR count). The first kappa shape index (κ1) is 13.6. The maximum Gasteiger partial charge on any atom is 0.157 e. The van der Waals surface area contributed by atoms with E-state index in [1.54, 1.807) is 0 Å². The van der Waals surface area contributed by atoms with Crippen LogP contribution >= 0.6 is 0 Å². The predicted molar refractivity (Wildman–Crippen MR) is 66.5 cm³/mol. The van der Waals surface area contributed by atoms with Crippen molar-refractivity contribution in [2.45, 2.75) is 25.6 Å². The lowest BCUT2D eigenvalue weighted by Crippen LogP contribution is -2.14. The minimum absolute atomic E-state index is 0.123. The molecule has 1 aromatic rings. The minimum Gasteiger partial charge on any atom is -0.393 e. The number of allylic oxidation sites excluding steroid dienone is 1. The Bertz CT molecular complexity index is 346. The predicted octanol–water partition coefficient (Wildman–Crippen LogP) is 2.10. The Morgan fingerprint density at radius 1 is 1.41 bits per heavy atom. The van der Waals surface area contributed by atoms with Gasteiger partial charge in [-0.3, -0.25) is 4.79 Å². The van der Waals surface area contributed by atoms with Gasteiger partial charge in [-0.1, -0.05) is 36.9 Å². The average Bonchev–Trinajstić information content (AvgIpc) is 2.36. The fourth-order valence-electron chi connectivity index (χ4n) is 1.40. The zero-order chi connectivity index (χ0) is 12.5. The molecule has 0 spiro atoms. The van der Waals surface area contributed by atoms with Crippen molar-refractivity contribution in [2.75, 3.05) is 6.61 Å². The summed E-state index contributed by atoms with van der Waals surface area (Å²) < 4.78 is 5.41. The van der Waals surface area contributed by atoms with E-state index in [0.717, 1.165) is 5.56 Å². The molecule has 0 unspecified atom stereocenters. The standard InChI is InChI=1S/C14H18O3/c1-2-13(15)10-14(16)8-9-17-11-12-6-4-3-5-7-12/h2-7,14,16H,1,8-11H2/t14-/m1/s1. The molecule has 1 aromatic carbocycles. The second-order valence-electron chi connectivity index (χ2n) is 3.86. The van der Waals surface area contributed by atoms with E-state index < -0.39 is 6.10 Å². The number of benzene rings is 1. The Morgan fingerprint density at radius 2 is 2.12 bits per heavy atom. The van der Waals surface area contributed by atoms with Gasteiger partial charge in [0.05, 0.1) is 12.7 Å². The maximum absolute atomic E-state index is 11.0. The summed E-state index contributed by atoms with van der Waals surface area (Å²) in [6, 6.07) is 9.83. The summed E-state index contributed by atoms with van der Waals surface area (Å²) in [6.07, 6.45) is 1.18.